The number of hydrogen-bond donors (Lipinski definition) is 2. The van der Waals surface area contributed by atoms with E-state index < -0.39 is 5.66 Å². The number of benzene rings is 6. The van der Waals surface area contributed by atoms with Crippen molar-refractivity contribution in [3.8, 4) is 11.1 Å². The number of para-hydroxylation sites is 2. The quantitative estimate of drug-likeness (QED) is 0.183. The Balaban J connectivity index is 1.40. The first-order valence-electron chi connectivity index (χ1n) is 17.3. The standard InChI is InChI=1S/C46H32BrN3O/c1-28-15-13-24-34-40(39-33-23-14-26-37(47)41(33)48-42(39)38(30-18-7-3-8-19-30)31-20-9-4-10-21-31)44-35(29-16-5-2-6-17-29)27-46(50(44)43(28)34)36-25-12-11-22-32(36)45(51)49-46/h2-27,38,48H,1H3,(H,49,51). The molecular weight excluding hydrogens is 690 g/mol. The van der Waals surface area contributed by atoms with Crippen LogP contribution in [0.2, 0.25) is 0 Å². The molecule has 2 aliphatic rings. The highest BCUT2D eigenvalue weighted by atomic mass is 79.9. The van der Waals surface area contributed by atoms with Gasteiger partial charge in [0.15, 0.2) is 5.66 Å². The number of amides is 1. The Hall–Kier alpha value is -5.91. The molecular formula is C46H32BrN3O. The molecule has 10 rings (SSSR count). The van der Waals surface area contributed by atoms with Gasteiger partial charge in [0, 0.05) is 54.7 Å². The van der Waals surface area contributed by atoms with Crippen LogP contribution < -0.4 is 5.32 Å². The molecule has 8 aromatic rings. The largest absolute Gasteiger partial charge is 0.356 e. The predicted molar refractivity (Wildman–Crippen MR) is 210 cm³/mol. The number of aromatic nitrogens is 2. The lowest BCUT2D eigenvalue weighted by Crippen LogP contribution is -2.42. The van der Waals surface area contributed by atoms with Crippen LogP contribution in [0.5, 0.6) is 0 Å². The van der Waals surface area contributed by atoms with E-state index in [4.69, 9.17) is 0 Å². The first-order valence-corrected chi connectivity index (χ1v) is 18.1. The van der Waals surface area contributed by atoms with Crippen LogP contribution in [0, 0.1) is 6.92 Å². The highest BCUT2D eigenvalue weighted by molar-refractivity contribution is 9.10. The molecule has 4 heterocycles. The third kappa shape index (κ3) is 4.28. The first-order chi connectivity index (χ1) is 25.0. The maximum absolute atomic E-state index is 13.8. The summed E-state index contributed by atoms with van der Waals surface area (Å²) in [6.45, 7) is 2.18. The van der Waals surface area contributed by atoms with Crippen LogP contribution in [0.15, 0.2) is 162 Å². The van der Waals surface area contributed by atoms with Crippen molar-refractivity contribution in [1.29, 1.82) is 0 Å². The van der Waals surface area contributed by atoms with Crippen LogP contribution in [0.3, 0.4) is 0 Å². The molecule has 4 nitrogen and oxygen atoms in total. The molecule has 0 saturated heterocycles. The Morgan fingerprint density at radius 1 is 0.667 bits per heavy atom. The van der Waals surface area contributed by atoms with Gasteiger partial charge in [-0.2, -0.15) is 0 Å². The SMILES string of the molecule is Cc1cccc2c(-c3c(C(c4ccccc4)c4ccccc4)[nH]c4c(Br)cccc34)c3n(c12)C1(C=C3c2ccccc2)NC(=O)c2ccccc21. The lowest BCUT2D eigenvalue weighted by Gasteiger charge is -2.28. The van der Waals surface area contributed by atoms with Crippen molar-refractivity contribution in [2.45, 2.75) is 18.5 Å². The average Bonchev–Trinajstić information content (AvgIpc) is 3.89. The maximum atomic E-state index is 13.8. The van der Waals surface area contributed by atoms with Crippen molar-refractivity contribution in [2.24, 2.45) is 0 Å². The van der Waals surface area contributed by atoms with Crippen LogP contribution >= 0.6 is 15.9 Å². The van der Waals surface area contributed by atoms with E-state index >= 15 is 0 Å². The Bertz CT molecular complexity index is 2670. The van der Waals surface area contributed by atoms with Crippen molar-refractivity contribution in [2.75, 3.05) is 0 Å². The van der Waals surface area contributed by atoms with Crippen LogP contribution in [0.25, 0.3) is 38.5 Å². The fourth-order valence-corrected chi connectivity index (χ4v) is 9.13. The van der Waals surface area contributed by atoms with Gasteiger partial charge in [0.2, 0.25) is 0 Å². The van der Waals surface area contributed by atoms with E-state index in [9.17, 15) is 4.79 Å². The number of carbonyl (C=O) groups excluding carboxylic acids is 1. The topological polar surface area (TPSA) is 49.8 Å². The van der Waals surface area contributed by atoms with Crippen LogP contribution in [-0.4, -0.2) is 15.5 Å². The van der Waals surface area contributed by atoms with E-state index in [0.717, 1.165) is 71.1 Å². The highest BCUT2D eigenvalue weighted by Crippen LogP contribution is 2.55. The second kappa shape index (κ2) is 11.3. The molecule has 0 radical (unpaired) electrons. The van der Waals surface area contributed by atoms with E-state index in [2.05, 4.69) is 177 Å². The summed E-state index contributed by atoms with van der Waals surface area (Å²) >= 11 is 3.92. The molecule has 2 N–H and O–H groups in total. The van der Waals surface area contributed by atoms with Crippen molar-refractivity contribution in [3.63, 3.8) is 0 Å². The second-order valence-electron chi connectivity index (χ2n) is 13.6. The molecule has 51 heavy (non-hydrogen) atoms. The molecule has 0 aliphatic carbocycles. The molecule has 244 valence electrons. The van der Waals surface area contributed by atoms with Crippen LogP contribution in [0.4, 0.5) is 0 Å². The fraction of sp³-hybridized carbons (Fsp3) is 0.0652. The minimum absolute atomic E-state index is 0.0657. The van der Waals surface area contributed by atoms with Gasteiger partial charge in [-0.3, -0.25) is 4.79 Å². The van der Waals surface area contributed by atoms with Crippen LogP contribution in [0.1, 0.15) is 55.5 Å². The van der Waals surface area contributed by atoms with Crippen molar-refractivity contribution >= 4 is 49.2 Å². The zero-order chi connectivity index (χ0) is 34.3. The summed E-state index contributed by atoms with van der Waals surface area (Å²) in [5.41, 5.74) is 13.2. The zero-order valence-corrected chi connectivity index (χ0v) is 29.4. The molecule has 2 aromatic heterocycles. The molecule has 1 atom stereocenters. The Labute approximate surface area is 304 Å². The summed E-state index contributed by atoms with van der Waals surface area (Å²) in [5.74, 6) is -0.146. The average molecular weight is 723 g/mol. The predicted octanol–water partition coefficient (Wildman–Crippen LogP) is 10.9. The number of rotatable bonds is 5. The van der Waals surface area contributed by atoms with Crippen LogP contribution in [-0.2, 0) is 5.66 Å². The third-order valence-electron chi connectivity index (χ3n) is 10.7. The lowest BCUT2D eigenvalue weighted by atomic mass is 9.83. The molecule has 0 bridgehead atoms. The summed E-state index contributed by atoms with van der Waals surface area (Å²) in [4.78, 5) is 17.8. The maximum Gasteiger partial charge on any atom is 0.254 e. The molecule has 1 amide bonds. The third-order valence-corrected chi connectivity index (χ3v) is 11.4. The molecule has 6 aromatic carbocycles. The number of halogens is 1. The van der Waals surface area contributed by atoms with E-state index in [0.29, 0.717) is 5.56 Å². The monoisotopic (exact) mass is 721 g/mol. The Morgan fingerprint density at radius 2 is 1.29 bits per heavy atom. The first kappa shape index (κ1) is 30.0. The Morgan fingerprint density at radius 3 is 2.02 bits per heavy atom. The van der Waals surface area contributed by atoms with E-state index in [-0.39, 0.29) is 11.8 Å². The van der Waals surface area contributed by atoms with Gasteiger partial charge >= 0.3 is 0 Å². The van der Waals surface area contributed by atoms with Gasteiger partial charge in [-0.15, -0.1) is 0 Å². The summed E-state index contributed by atoms with van der Waals surface area (Å²) in [5, 5.41) is 5.78. The van der Waals surface area contributed by atoms with Gasteiger partial charge in [-0.25, -0.2) is 0 Å². The number of hydrogen-bond acceptors (Lipinski definition) is 1. The molecule has 0 saturated carbocycles. The van der Waals surface area contributed by atoms with Gasteiger partial charge in [0.1, 0.15) is 0 Å². The van der Waals surface area contributed by atoms with Gasteiger partial charge in [-0.1, -0.05) is 140 Å². The van der Waals surface area contributed by atoms with Crippen molar-refractivity contribution in [1.82, 2.24) is 14.9 Å². The number of aryl methyl sites for hydroxylation is 1. The number of carbonyl (C=O) groups is 1. The van der Waals surface area contributed by atoms with Gasteiger partial charge < -0.3 is 14.9 Å². The molecule has 2 aliphatic heterocycles. The fourth-order valence-electron chi connectivity index (χ4n) is 8.66. The summed E-state index contributed by atoms with van der Waals surface area (Å²) in [7, 11) is 0. The van der Waals surface area contributed by atoms with E-state index in [1.54, 1.807) is 0 Å². The van der Waals surface area contributed by atoms with Gasteiger partial charge in [0.25, 0.3) is 5.91 Å². The van der Waals surface area contributed by atoms with E-state index in [1.807, 2.05) is 18.2 Å². The summed E-state index contributed by atoms with van der Waals surface area (Å²) in [6.07, 6.45) is 2.28. The van der Waals surface area contributed by atoms with E-state index in [1.165, 1.54) is 11.1 Å². The molecule has 5 heteroatoms. The number of nitrogens with one attached hydrogen (secondary N) is 2. The van der Waals surface area contributed by atoms with Crippen molar-refractivity contribution < 1.29 is 4.79 Å². The zero-order valence-electron chi connectivity index (χ0n) is 27.8. The summed E-state index contributed by atoms with van der Waals surface area (Å²) < 4.78 is 3.43. The van der Waals surface area contributed by atoms with Gasteiger partial charge in [-0.05, 0) is 63.3 Å². The highest BCUT2D eigenvalue weighted by Gasteiger charge is 2.50. The number of aromatic amines is 1. The minimum Gasteiger partial charge on any atom is -0.356 e. The minimum atomic E-state index is -0.901. The molecule has 0 fully saturated rings. The number of fused-ring (bicyclic) bond motifs is 7. The normalized spacial score (nSPS) is 16.2. The molecule has 1 spiro atoms. The molecule has 1 unspecified atom stereocenters. The second-order valence-corrected chi connectivity index (χ2v) is 14.4. The number of H-pyrrole nitrogens is 1. The number of nitrogens with zero attached hydrogens (tertiary/aromatic N) is 1. The Kier molecular flexibility index (Phi) is 6.64. The summed E-state index contributed by atoms with van der Waals surface area (Å²) in [6, 6.07) is 53.2. The smallest absolute Gasteiger partial charge is 0.254 e. The lowest BCUT2D eigenvalue weighted by molar-refractivity contribution is 0.0937. The van der Waals surface area contributed by atoms with Crippen molar-refractivity contribution in [3.05, 3.63) is 207 Å². The van der Waals surface area contributed by atoms with Gasteiger partial charge in [0.05, 0.1) is 16.7 Å².